The molecule has 4 nitrogen and oxygen atoms in total. The monoisotopic (exact) mass is 212 g/mol. The molecule has 2 rings (SSSR count). The van der Waals surface area contributed by atoms with Crippen LogP contribution in [0, 0.1) is 5.92 Å². The topological polar surface area (TPSA) is 55.6 Å². The van der Waals surface area contributed by atoms with Crippen LogP contribution in [0.25, 0.3) is 0 Å². The summed E-state index contributed by atoms with van der Waals surface area (Å²) in [5.74, 6) is 0.0510. The Bertz CT molecular complexity index is 243. The van der Waals surface area contributed by atoms with Gasteiger partial charge in [0.15, 0.2) is 0 Å². The number of fused-ring (bicyclic) bond motifs is 2. The number of nitrogens with zero attached hydrogens (tertiary/aromatic N) is 1. The fourth-order valence-corrected chi connectivity index (χ4v) is 3.08. The van der Waals surface area contributed by atoms with E-state index in [1.807, 2.05) is 0 Å². The van der Waals surface area contributed by atoms with Crippen molar-refractivity contribution in [2.75, 3.05) is 14.2 Å². The van der Waals surface area contributed by atoms with E-state index in [0.29, 0.717) is 18.0 Å². The number of carbonyl (C=O) groups is 1. The Morgan fingerprint density at radius 2 is 1.93 bits per heavy atom. The van der Waals surface area contributed by atoms with E-state index in [9.17, 15) is 4.79 Å². The molecule has 0 amide bonds. The molecule has 0 radical (unpaired) electrons. The summed E-state index contributed by atoms with van der Waals surface area (Å²) in [4.78, 5) is 13.8. The van der Waals surface area contributed by atoms with Gasteiger partial charge in [0.1, 0.15) is 6.04 Å². The molecule has 4 heteroatoms. The van der Waals surface area contributed by atoms with Gasteiger partial charge in [0, 0.05) is 12.1 Å². The maximum absolute atomic E-state index is 11.4. The molecule has 86 valence electrons. The van der Waals surface area contributed by atoms with Crippen LogP contribution in [0.5, 0.6) is 0 Å². The first-order chi connectivity index (χ1) is 7.13. The van der Waals surface area contributed by atoms with Crippen LogP contribution in [0.15, 0.2) is 0 Å². The summed E-state index contributed by atoms with van der Waals surface area (Å²) < 4.78 is 4.71. The van der Waals surface area contributed by atoms with E-state index in [-0.39, 0.29) is 5.97 Å². The Morgan fingerprint density at radius 3 is 2.40 bits per heavy atom. The van der Waals surface area contributed by atoms with Crippen molar-refractivity contribution in [2.24, 2.45) is 11.7 Å². The van der Waals surface area contributed by atoms with E-state index in [0.717, 1.165) is 12.8 Å². The molecule has 3 atom stereocenters. The number of nitrogens with two attached hydrogens (primary N) is 1. The molecule has 0 saturated carbocycles. The standard InChI is InChI=1S/C11H20N2O2/c1-13-8-3-4-9(13)6-7(5-8)10(12)11(14)15-2/h7-10H,3-6,12H2,1-2H3. The first kappa shape index (κ1) is 10.9. The summed E-state index contributed by atoms with van der Waals surface area (Å²) >= 11 is 0. The summed E-state index contributed by atoms with van der Waals surface area (Å²) in [7, 11) is 3.59. The van der Waals surface area contributed by atoms with Crippen LogP contribution < -0.4 is 5.73 Å². The van der Waals surface area contributed by atoms with E-state index >= 15 is 0 Å². The van der Waals surface area contributed by atoms with Crippen LogP contribution in [-0.4, -0.2) is 43.2 Å². The van der Waals surface area contributed by atoms with Gasteiger partial charge in [0.25, 0.3) is 0 Å². The number of hydrogen-bond donors (Lipinski definition) is 1. The van der Waals surface area contributed by atoms with Crippen LogP contribution >= 0.6 is 0 Å². The molecule has 0 aromatic heterocycles. The molecule has 2 fully saturated rings. The summed E-state index contributed by atoms with van der Waals surface area (Å²) in [6.45, 7) is 0. The maximum Gasteiger partial charge on any atom is 0.322 e. The Labute approximate surface area is 90.8 Å². The minimum Gasteiger partial charge on any atom is -0.468 e. The van der Waals surface area contributed by atoms with Crippen molar-refractivity contribution in [3.05, 3.63) is 0 Å². The molecule has 15 heavy (non-hydrogen) atoms. The number of piperidine rings is 1. The van der Waals surface area contributed by atoms with Crippen molar-refractivity contribution in [3.63, 3.8) is 0 Å². The predicted octanol–water partition coefficient (Wildman–Crippen LogP) is 0.360. The fourth-order valence-electron chi connectivity index (χ4n) is 3.08. The average molecular weight is 212 g/mol. The SMILES string of the molecule is COC(=O)C(N)C1CC2CCC(C1)N2C. The second-order valence-corrected chi connectivity index (χ2v) is 4.83. The van der Waals surface area contributed by atoms with Crippen molar-refractivity contribution >= 4 is 5.97 Å². The van der Waals surface area contributed by atoms with Crippen molar-refractivity contribution in [3.8, 4) is 0 Å². The number of rotatable bonds is 2. The lowest BCUT2D eigenvalue weighted by Gasteiger charge is -2.37. The minimum atomic E-state index is -0.424. The van der Waals surface area contributed by atoms with E-state index in [4.69, 9.17) is 10.5 Å². The largest absolute Gasteiger partial charge is 0.468 e. The first-order valence-corrected chi connectivity index (χ1v) is 5.68. The fraction of sp³-hybridized carbons (Fsp3) is 0.909. The minimum absolute atomic E-state index is 0.260. The second kappa shape index (κ2) is 4.10. The Balaban J connectivity index is 1.99. The lowest BCUT2D eigenvalue weighted by Crippen LogP contribution is -2.48. The smallest absolute Gasteiger partial charge is 0.322 e. The highest BCUT2D eigenvalue weighted by molar-refractivity contribution is 5.75. The molecule has 0 aliphatic carbocycles. The van der Waals surface area contributed by atoms with Crippen molar-refractivity contribution in [1.29, 1.82) is 0 Å². The highest BCUT2D eigenvalue weighted by atomic mass is 16.5. The Hall–Kier alpha value is -0.610. The zero-order valence-corrected chi connectivity index (χ0v) is 9.48. The van der Waals surface area contributed by atoms with Crippen molar-refractivity contribution in [1.82, 2.24) is 4.90 Å². The molecule has 0 aromatic rings. The molecule has 2 aliphatic heterocycles. The number of esters is 1. The van der Waals surface area contributed by atoms with Crippen LogP contribution in [0.3, 0.4) is 0 Å². The quantitative estimate of drug-likeness (QED) is 0.671. The number of ether oxygens (including phenoxy) is 1. The molecule has 2 bridgehead atoms. The van der Waals surface area contributed by atoms with Crippen molar-refractivity contribution in [2.45, 2.75) is 43.8 Å². The highest BCUT2D eigenvalue weighted by Crippen LogP contribution is 2.38. The van der Waals surface area contributed by atoms with Gasteiger partial charge in [-0.3, -0.25) is 4.79 Å². The van der Waals surface area contributed by atoms with Gasteiger partial charge in [-0.15, -0.1) is 0 Å². The number of hydrogen-bond acceptors (Lipinski definition) is 4. The number of methoxy groups -OCH3 is 1. The summed E-state index contributed by atoms with van der Waals surface area (Å²) in [5.41, 5.74) is 5.91. The molecule has 2 heterocycles. The average Bonchev–Trinajstić information content (AvgIpc) is 2.50. The normalized spacial score (nSPS) is 37.7. The van der Waals surface area contributed by atoms with Crippen LogP contribution in [0.2, 0.25) is 0 Å². The van der Waals surface area contributed by atoms with Gasteiger partial charge in [0.2, 0.25) is 0 Å². The summed E-state index contributed by atoms with van der Waals surface area (Å²) in [5, 5.41) is 0. The molecule has 0 aromatic carbocycles. The second-order valence-electron chi connectivity index (χ2n) is 4.83. The number of carbonyl (C=O) groups excluding carboxylic acids is 1. The molecular formula is C11H20N2O2. The molecule has 2 N–H and O–H groups in total. The third-order valence-corrected chi connectivity index (χ3v) is 4.12. The highest BCUT2D eigenvalue weighted by Gasteiger charge is 2.41. The molecule has 0 spiro atoms. The zero-order chi connectivity index (χ0) is 11.0. The van der Waals surface area contributed by atoms with Gasteiger partial charge < -0.3 is 15.4 Å². The summed E-state index contributed by atoms with van der Waals surface area (Å²) in [6.07, 6.45) is 4.60. The predicted molar refractivity (Wildman–Crippen MR) is 57.3 cm³/mol. The van der Waals surface area contributed by atoms with Gasteiger partial charge in [-0.25, -0.2) is 0 Å². The van der Waals surface area contributed by atoms with Gasteiger partial charge in [-0.1, -0.05) is 0 Å². The Morgan fingerprint density at radius 1 is 1.40 bits per heavy atom. The molecule has 3 unspecified atom stereocenters. The lowest BCUT2D eigenvalue weighted by molar-refractivity contribution is -0.144. The van der Waals surface area contributed by atoms with Gasteiger partial charge in [-0.05, 0) is 38.6 Å². The molecule has 2 saturated heterocycles. The maximum atomic E-state index is 11.4. The van der Waals surface area contributed by atoms with Crippen molar-refractivity contribution < 1.29 is 9.53 Å². The first-order valence-electron chi connectivity index (χ1n) is 5.68. The third-order valence-electron chi connectivity index (χ3n) is 4.12. The van der Waals surface area contributed by atoms with Crippen LogP contribution in [0.4, 0.5) is 0 Å². The zero-order valence-electron chi connectivity index (χ0n) is 9.48. The van der Waals surface area contributed by atoms with Crippen LogP contribution in [0.1, 0.15) is 25.7 Å². The summed E-state index contributed by atoms with van der Waals surface area (Å²) in [6, 6.07) is 0.834. The van der Waals surface area contributed by atoms with E-state index < -0.39 is 6.04 Å². The van der Waals surface area contributed by atoms with Gasteiger partial charge >= 0.3 is 5.97 Å². The van der Waals surface area contributed by atoms with E-state index in [1.165, 1.54) is 20.0 Å². The van der Waals surface area contributed by atoms with E-state index in [1.54, 1.807) is 0 Å². The van der Waals surface area contributed by atoms with Crippen LogP contribution in [-0.2, 0) is 9.53 Å². The third kappa shape index (κ3) is 1.88. The Kier molecular flexibility index (Phi) is 2.98. The molecular weight excluding hydrogens is 192 g/mol. The lowest BCUT2D eigenvalue weighted by atomic mass is 9.85. The molecule has 2 aliphatic rings. The van der Waals surface area contributed by atoms with Gasteiger partial charge in [-0.2, -0.15) is 0 Å². The van der Waals surface area contributed by atoms with E-state index in [2.05, 4.69) is 11.9 Å². The van der Waals surface area contributed by atoms with Gasteiger partial charge in [0.05, 0.1) is 7.11 Å².